The molecular formula is C19H13Cl2N3O2S. The van der Waals surface area contributed by atoms with Crippen LogP contribution in [0.15, 0.2) is 71.6 Å². The molecule has 2 N–H and O–H groups in total. The highest BCUT2D eigenvalue weighted by Crippen LogP contribution is 2.28. The second-order valence-electron chi connectivity index (χ2n) is 5.86. The summed E-state index contributed by atoms with van der Waals surface area (Å²) in [5.74, 6) is 0.651. The van der Waals surface area contributed by atoms with Gasteiger partial charge >= 0.3 is 0 Å². The standard InChI is InChI=1S/C19H13Cl2N3O2S/c20-13-8-9-15(21)18(11-13)27(25,26)24-14-5-3-4-12(10-14)19-22-16-6-1-2-7-17(16)23-19/h1-11,24H,(H,22,23). The van der Waals surface area contributed by atoms with E-state index in [4.69, 9.17) is 23.2 Å². The molecule has 4 aromatic rings. The monoisotopic (exact) mass is 417 g/mol. The number of anilines is 1. The third kappa shape index (κ3) is 3.64. The van der Waals surface area contributed by atoms with E-state index in [0.717, 1.165) is 16.6 Å². The summed E-state index contributed by atoms with van der Waals surface area (Å²) in [5.41, 5.74) is 2.89. The van der Waals surface area contributed by atoms with E-state index < -0.39 is 10.0 Å². The average molecular weight is 418 g/mol. The molecule has 0 unspecified atom stereocenters. The molecule has 0 bridgehead atoms. The van der Waals surface area contributed by atoms with E-state index in [2.05, 4.69) is 14.7 Å². The molecule has 0 saturated heterocycles. The maximum atomic E-state index is 12.7. The van der Waals surface area contributed by atoms with E-state index in [1.54, 1.807) is 18.2 Å². The van der Waals surface area contributed by atoms with E-state index in [0.29, 0.717) is 11.5 Å². The number of nitrogens with one attached hydrogen (secondary N) is 2. The van der Waals surface area contributed by atoms with Crippen molar-refractivity contribution in [2.24, 2.45) is 0 Å². The molecule has 0 spiro atoms. The molecule has 8 heteroatoms. The van der Waals surface area contributed by atoms with Gasteiger partial charge in [-0.05, 0) is 42.5 Å². The predicted molar refractivity (Wildman–Crippen MR) is 109 cm³/mol. The highest BCUT2D eigenvalue weighted by Gasteiger charge is 2.19. The second-order valence-corrected chi connectivity index (χ2v) is 8.36. The number of H-pyrrole nitrogens is 1. The zero-order chi connectivity index (χ0) is 19.0. The maximum Gasteiger partial charge on any atom is 0.263 e. The maximum absolute atomic E-state index is 12.7. The van der Waals surface area contributed by atoms with Crippen LogP contribution < -0.4 is 4.72 Å². The first-order valence-electron chi connectivity index (χ1n) is 7.95. The van der Waals surface area contributed by atoms with Crippen molar-refractivity contribution >= 4 is 49.9 Å². The van der Waals surface area contributed by atoms with Crippen LogP contribution in [0.5, 0.6) is 0 Å². The fourth-order valence-corrected chi connectivity index (χ4v) is 4.53. The van der Waals surface area contributed by atoms with Gasteiger partial charge in [0.15, 0.2) is 0 Å². The number of aromatic amines is 1. The molecule has 1 heterocycles. The van der Waals surface area contributed by atoms with Crippen molar-refractivity contribution in [1.29, 1.82) is 0 Å². The lowest BCUT2D eigenvalue weighted by atomic mass is 10.2. The Balaban J connectivity index is 1.69. The Morgan fingerprint density at radius 3 is 2.56 bits per heavy atom. The normalized spacial score (nSPS) is 11.6. The number of hydrogen-bond acceptors (Lipinski definition) is 3. The fraction of sp³-hybridized carbons (Fsp3) is 0. The van der Waals surface area contributed by atoms with Gasteiger partial charge in [-0.15, -0.1) is 0 Å². The lowest BCUT2D eigenvalue weighted by molar-refractivity contribution is 0.601. The Labute approximate surface area is 166 Å². The van der Waals surface area contributed by atoms with Gasteiger partial charge in [0, 0.05) is 16.3 Å². The molecule has 27 heavy (non-hydrogen) atoms. The fourth-order valence-electron chi connectivity index (χ4n) is 2.71. The Hall–Kier alpha value is -2.54. The number of aromatic nitrogens is 2. The summed E-state index contributed by atoms with van der Waals surface area (Å²) in [5, 5.41) is 0.385. The summed E-state index contributed by atoms with van der Waals surface area (Å²) >= 11 is 11.9. The van der Waals surface area contributed by atoms with Gasteiger partial charge in [0.05, 0.1) is 16.1 Å². The van der Waals surface area contributed by atoms with Gasteiger partial charge in [-0.1, -0.05) is 47.5 Å². The van der Waals surface area contributed by atoms with Crippen LogP contribution in [0, 0.1) is 0 Å². The Morgan fingerprint density at radius 1 is 0.926 bits per heavy atom. The van der Waals surface area contributed by atoms with Gasteiger partial charge in [-0.3, -0.25) is 4.72 Å². The number of nitrogens with zero attached hydrogens (tertiary/aromatic N) is 1. The average Bonchev–Trinajstić information content (AvgIpc) is 3.08. The molecule has 0 saturated carbocycles. The molecule has 1 aromatic heterocycles. The molecular weight excluding hydrogens is 405 g/mol. The van der Waals surface area contributed by atoms with Crippen LogP contribution in [0.25, 0.3) is 22.4 Å². The first kappa shape index (κ1) is 17.9. The summed E-state index contributed by atoms with van der Waals surface area (Å²) in [4.78, 5) is 7.68. The van der Waals surface area contributed by atoms with E-state index in [9.17, 15) is 8.42 Å². The van der Waals surface area contributed by atoms with Crippen LogP contribution in [0.3, 0.4) is 0 Å². The molecule has 0 radical (unpaired) electrons. The van der Waals surface area contributed by atoms with Gasteiger partial charge in [-0.2, -0.15) is 0 Å². The molecule has 136 valence electrons. The van der Waals surface area contributed by atoms with Gasteiger partial charge in [-0.25, -0.2) is 13.4 Å². The van der Waals surface area contributed by atoms with E-state index in [1.165, 1.54) is 18.2 Å². The van der Waals surface area contributed by atoms with E-state index >= 15 is 0 Å². The van der Waals surface area contributed by atoms with Crippen LogP contribution >= 0.6 is 23.2 Å². The van der Waals surface area contributed by atoms with Crippen molar-refractivity contribution in [3.8, 4) is 11.4 Å². The van der Waals surface area contributed by atoms with E-state index in [1.807, 2.05) is 30.3 Å². The third-order valence-corrected chi connectivity index (χ3v) is 6.06. The molecule has 4 rings (SSSR count). The van der Waals surface area contributed by atoms with Crippen LogP contribution in [0.4, 0.5) is 5.69 Å². The lowest BCUT2D eigenvalue weighted by Crippen LogP contribution is -2.13. The minimum atomic E-state index is -3.89. The Kier molecular flexibility index (Phi) is 4.55. The molecule has 3 aromatic carbocycles. The van der Waals surface area contributed by atoms with Gasteiger partial charge in [0.1, 0.15) is 10.7 Å². The molecule has 0 amide bonds. The third-order valence-electron chi connectivity index (χ3n) is 3.96. The second kappa shape index (κ2) is 6.88. The SMILES string of the molecule is O=S(=O)(Nc1cccc(-c2nc3ccccc3[nH]2)c1)c1cc(Cl)ccc1Cl. The summed E-state index contributed by atoms with van der Waals surface area (Å²) in [7, 11) is -3.89. The van der Waals surface area contributed by atoms with Gasteiger partial charge in [0.25, 0.3) is 10.0 Å². The first-order chi connectivity index (χ1) is 12.9. The zero-order valence-electron chi connectivity index (χ0n) is 13.8. The first-order valence-corrected chi connectivity index (χ1v) is 10.2. The molecule has 0 fully saturated rings. The lowest BCUT2D eigenvalue weighted by Gasteiger charge is -2.10. The highest BCUT2D eigenvalue weighted by molar-refractivity contribution is 7.92. The molecule has 5 nitrogen and oxygen atoms in total. The van der Waals surface area contributed by atoms with Crippen molar-refractivity contribution in [3.63, 3.8) is 0 Å². The smallest absolute Gasteiger partial charge is 0.263 e. The Bertz CT molecular complexity index is 1220. The number of rotatable bonds is 4. The summed E-state index contributed by atoms with van der Waals surface area (Å²) in [6.45, 7) is 0. The summed E-state index contributed by atoms with van der Waals surface area (Å²) < 4.78 is 27.9. The molecule has 0 atom stereocenters. The number of fused-ring (bicyclic) bond motifs is 1. The number of benzene rings is 3. The number of para-hydroxylation sites is 2. The number of hydrogen-bond donors (Lipinski definition) is 2. The van der Waals surface area contributed by atoms with Crippen LogP contribution in [0.1, 0.15) is 0 Å². The molecule has 0 aliphatic heterocycles. The topological polar surface area (TPSA) is 74.8 Å². The number of sulfonamides is 1. The molecule has 0 aliphatic carbocycles. The van der Waals surface area contributed by atoms with E-state index in [-0.39, 0.29) is 14.9 Å². The quantitative estimate of drug-likeness (QED) is 0.470. The van der Waals surface area contributed by atoms with Gasteiger partial charge in [0.2, 0.25) is 0 Å². The zero-order valence-corrected chi connectivity index (χ0v) is 16.1. The Morgan fingerprint density at radius 2 is 1.74 bits per heavy atom. The molecule has 0 aliphatic rings. The van der Waals surface area contributed by atoms with Crippen molar-refractivity contribution in [1.82, 2.24) is 9.97 Å². The van der Waals surface area contributed by atoms with Crippen molar-refractivity contribution < 1.29 is 8.42 Å². The van der Waals surface area contributed by atoms with Crippen LogP contribution in [-0.2, 0) is 10.0 Å². The minimum Gasteiger partial charge on any atom is -0.338 e. The summed E-state index contributed by atoms with van der Waals surface area (Å²) in [6.07, 6.45) is 0. The van der Waals surface area contributed by atoms with Crippen LogP contribution in [-0.4, -0.2) is 18.4 Å². The summed E-state index contributed by atoms with van der Waals surface area (Å²) in [6, 6.07) is 18.9. The van der Waals surface area contributed by atoms with Crippen molar-refractivity contribution in [2.75, 3.05) is 4.72 Å². The number of imidazole rings is 1. The van der Waals surface area contributed by atoms with Crippen molar-refractivity contribution in [2.45, 2.75) is 4.90 Å². The minimum absolute atomic E-state index is 0.0780. The van der Waals surface area contributed by atoms with Crippen molar-refractivity contribution in [3.05, 3.63) is 76.8 Å². The van der Waals surface area contributed by atoms with Gasteiger partial charge < -0.3 is 4.98 Å². The predicted octanol–water partition coefficient (Wildman–Crippen LogP) is 5.34. The highest BCUT2D eigenvalue weighted by atomic mass is 35.5. The van der Waals surface area contributed by atoms with Crippen LogP contribution in [0.2, 0.25) is 10.0 Å². The number of halogens is 2. The largest absolute Gasteiger partial charge is 0.338 e.